The Morgan fingerprint density at radius 3 is 2.33 bits per heavy atom. The van der Waals surface area contributed by atoms with Crippen LogP contribution in [0.2, 0.25) is 0 Å². The molecule has 0 saturated carbocycles. The number of carbonyl (C=O) groups excluding carboxylic acids is 2. The Morgan fingerprint density at radius 1 is 1.08 bits per heavy atom. The third-order valence-corrected chi connectivity index (χ3v) is 3.95. The highest BCUT2D eigenvalue weighted by molar-refractivity contribution is 5.76. The van der Waals surface area contributed by atoms with Gasteiger partial charge >= 0.3 is 5.97 Å². The first-order valence-electron chi connectivity index (χ1n) is 7.97. The lowest BCUT2D eigenvalue weighted by molar-refractivity contribution is -0.685. The molecule has 0 bridgehead atoms. The molecule has 2 aromatic rings. The van der Waals surface area contributed by atoms with Crippen molar-refractivity contribution in [2.45, 2.75) is 25.9 Å². The minimum Gasteiger partial charge on any atom is -0.469 e. The summed E-state index contributed by atoms with van der Waals surface area (Å²) in [5, 5.41) is 0. The normalized spacial score (nSPS) is 11.6. The van der Waals surface area contributed by atoms with E-state index in [-0.39, 0.29) is 30.9 Å². The van der Waals surface area contributed by atoms with Gasteiger partial charge in [-0.1, -0.05) is 36.4 Å². The fourth-order valence-corrected chi connectivity index (χ4v) is 2.55. The van der Waals surface area contributed by atoms with E-state index in [2.05, 4.69) is 0 Å². The van der Waals surface area contributed by atoms with Gasteiger partial charge in [-0.3, -0.25) is 9.59 Å². The van der Waals surface area contributed by atoms with Crippen molar-refractivity contribution in [2.24, 2.45) is 0 Å². The SMILES string of the molecule is COC(=O)CCN(C(=O)C[n+]1ccccc1)[C@@H](C)c1ccccc1. The fraction of sp³-hybridized carbons (Fsp3) is 0.316. The van der Waals surface area contributed by atoms with Crippen LogP contribution in [0.25, 0.3) is 0 Å². The maximum atomic E-state index is 12.8. The number of hydrogen-bond acceptors (Lipinski definition) is 3. The summed E-state index contributed by atoms with van der Waals surface area (Å²) in [4.78, 5) is 26.0. The molecule has 0 aliphatic heterocycles. The van der Waals surface area contributed by atoms with Gasteiger partial charge in [0.1, 0.15) is 0 Å². The first-order chi connectivity index (χ1) is 11.6. The van der Waals surface area contributed by atoms with E-state index in [1.54, 1.807) is 4.90 Å². The van der Waals surface area contributed by atoms with Crippen LogP contribution in [0.15, 0.2) is 60.9 Å². The Bertz CT molecular complexity index is 659. The van der Waals surface area contributed by atoms with E-state index in [4.69, 9.17) is 4.74 Å². The number of methoxy groups -OCH3 is 1. The number of benzene rings is 1. The molecule has 1 atom stereocenters. The van der Waals surface area contributed by atoms with Crippen molar-refractivity contribution in [2.75, 3.05) is 13.7 Å². The van der Waals surface area contributed by atoms with Gasteiger partial charge in [-0.15, -0.1) is 0 Å². The predicted molar refractivity (Wildman–Crippen MR) is 89.8 cm³/mol. The quantitative estimate of drug-likeness (QED) is 0.578. The van der Waals surface area contributed by atoms with Gasteiger partial charge in [-0.25, -0.2) is 0 Å². The molecule has 5 heteroatoms. The van der Waals surface area contributed by atoms with E-state index in [1.807, 2.05) is 72.4 Å². The lowest BCUT2D eigenvalue weighted by Crippen LogP contribution is -2.45. The molecular formula is C19H23N2O3+. The molecule has 0 fully saturated rings. The highest BCUT2D eigenvalue weighted by atomic mass is 16.5. The van der Waals surface area contributed by atoms with Crippen molar-refractivity contribution in [3.8, 4) is 0 Å². The van der Waals surface area contributed by atoms with Crippen molar-refractivity contribution in [1.82, 2.24) is 4.90 Å². The van der Waals surface area contributed by atoms with Crippen LogP contribution in [0.5, 0.6) is 0 Å². The minimum atomic E-state index is -0.319. The molecule has 0 aliphatic rings. The maximum absolute atomic E-state index is 12.8. The molecule has 1 heterocycles. The van der Waals surface area contributed by atoms with E-state index in [0.29, 0.717) is 6.54 Å². The second-order valence-electron chi connectivity index (χ2n) is 5.55. The van der Waals surface area contributed by atoms with Gasteiger partial charge in [-0.2, -0.15) is 4.57 Å². The Morgan fingerprint density at radius 2 is 1.71 bits per heavy atom. The summed E-state index contributed by atoms with van der Waals surface area (Å²) in [5.74, 6) is -0.355. The van der Waals surface area contributed by atoms with Crippen LogP contribution in [-0.2, 0) is 20.9 Å². The van der Waals surface area contributed by atoms with E-state index >= 15 is 0 Å². The molecule has 1 aromatic carbocycles. The summed E-state index contributed by atoms with van der Waals surface area (Å²) in [6, 6.07) is 15.4. The average Bonchev–Trinajstić information content (AvgIpc) is 2.63. The monoisotopic (exact) mass is 327 g/mol. The zero-order valence-corrected chi connectivity index (χ0v) is 14.1. The summed E-state index contributed by atoms with van der Waals surface area (Å²) in [6.45, 7) is 2.54. The fourth-order valence-electron chi connectivity index (χ4n) is 2.55. The third kappa shape index (κ3) is 4.91. The Kier molecular flexibility index (Phi) is 6.49. The van der Waals surface area contributed by atoms with Gasteiger partial charge in [0.25, 0.3) is 5.91 Å². The van der Waals surface area contributed by atoms with E-state index in [0.717, 1.165) is 5.56 Å². The van der Waals surface area contributed by atoms with Gasteiger partial charge in [0.15, 0.2) is 12.4 Å². The average molecular weight is 327 g/mol. The number of pyridine rings is 1. The van der Waals surface area contributed by atoms with Crippen LogP contribution in [0.3, 0.4) is 0 Å². The lowest BCUT2D eigenvalue weighted by Gasteiger charge is -2.28. The molecule has 24 heavy (non-hydrogen) atoms. The van der Waals surface area contributed by atoms with Gasteiger partial charge in [0.05, 0.1) is 19.6 Å². The third-order valence-electron chi connectivity index (χ3n) is 3.95. The van der Waals surface area contributed by atoms with Crippen molar-refractivity contribution in [3.05, 3.63) is 66.5 Å². The molecule has 0 unspecified atom stereocenters. The number of amides is 1. The zero-order valence-electron chi connectivity index (χ0n) is 14.1. The molecule has 0 N–H and O–H groups in total. The number of esters is 1. The van der Waals surface area contributed by atoms with E-state index in [1.165, 1.54) is 7.11 Å². The largest absolute Gasteiger partial charge is 0.469 e. The van der Waals surface area contributed by atoms with Crippen LogP contribution < -0.4 is 4.57 Å². The molecular weight excluding hydrogens is 304 g/mol. The van der Waals surface area contributed by atoms with Crippen LogP contribution >= 0.6 is 0 Å². The van der Waals surface area contributed by atoms with Crippen LogP contribution in [0.1, 0.15) is 24.9 Å². The van der Waals surface area contributed by atoms with E-state index < -0.39 is 0 Å². The standard InChI is InChI=1S/C19H23N2O3/c1-16(17-9-5-3-6-10-17)21(14-11-19(23)24-2)18(22)15-20-12-7-4-8-13-20/h3-10,12-13,16H,11,14-15H2,1-2H3/q+1/t16-/m0/s1. The van der Waals surface area contributed by atoms with Gasteiger partial charge < -0.3 is 9.64 Å². The maximum Gasteiger partial charge on any atom is 0.307 e. The second kappa shape index (κ2) is 8.82. The molecule has 126 valence electrons. The first kappa shape index (κ1) is 17.7. The second-order valence-corrected chi connectivity index (χ2v) is 5.55. The van der Waals surface area contributed by atoms with Crippen molar-refractivity contribution >= 4 is 11.9 Å². The summed E-state index contributed by atoms with van der Waals surface area (Å²) in [6.07, 6.45) is 3.88. The molecule has 0 spiro atoms. The van der Waals surface area contributed by atoms with Crippen molar-refractivity contribution in [1.29, 1.82) is 0 Å². The molecule has 1 amide bonds. The summed E-state index contributed by atoms with van der Waals surface area (Å²) in [7, 11) is 1.36. The number of carbonyl (C=O) groups is 2. The number of hydrogen-bond donors (Lipinski definition) is 0. The highest BCUT2D eigenvalue weighted by Crippen LogP contribution is 2.20. The highest BCUT2D eigenvalue weighted by Gasteiger charge is 2.24. The van der Waals surface area contributed by atoms with Gasteiger partial charge in [0.2, 0.25) is 6.54 Å². The van der Waals surface area contributed by atoms with E-state index in [9.17, 15) is 9.59 Å². The smallest absolute Gasteiger partial charge is 0.307 e. The van der Waals surface area contributed by atoms with Crippen molar-refractivity contribution < 1.29 is 18.9 Å². The number of ether oxygens (including phenoxy) is 1. The topological polar surface area (TPSA) is 50.5 Å². The Labute approximate surface area is 142 Å². The van der Waals surface area contributed by atoms with Crippen LogP contribution in [-0.4, -0.2) is 30.4 Å². The number of nitrogens with zero attached hydrogens (tertiary/aromatic N) is 2. The number of rotatable bonds is 7. The number of aromatic nitrogens is 1. The molecule has 1 aromatic heterocycles. The summed E-state index contributed by atoms with van der Waals surface area (Å²) < 4.78 is 6.53. The summed E-state index contributed by atoms with van der Waals surface area (Å²) in [5.41, 5.74) is 1.04. The van der Waals surface area contributed by atoms with Gasteiger partial charge in [0, 0.05) is 18.7 Å². The molecule has 5 nitrogen and oxygen atoms in total. The molecule has 2 rings (SSSR count). The van der Waals surface area contributed by atoms with Crippen LogP contribution in [0.4, 0.5) is 0 Å². The minimum absolute atomic E-state index is 0.0357. The van der Waals surface area contributed by atoms with Crippen LogP contribution in [0, 0.1) is 0 Å². The Balaban J connectivity index is 2.15. The van der Waals surface area contributed by atoms with Gasteiger partial charge in [-0.05, 0) is 12.5 Å². The zero-order chi connectivity index (χ0) is 17.4. The predicted octanol–water partition coefficient (Wildman–Crippen LogP) is 2.13. The molecule has 0 aliphatic carbocycles. The lowest BCUT2D eigenvalue weighted by atomic mass is 10.1. The molecule has 0 saturated heterocycles. The molecule has 0 radical (unpaired) electrons. The summed E-state index contributed by atoms with van der Waals surface area (Å²) >= 11 is 0. The Hall–Kier alpha value is -2.69. The van der Waals surface area contributed by atoms with Crippen molar-refractivity contribution in [3.63, 3.8) is 0 Å². The first-order valence-corrected chi connectivity index (χ1v) is 7.97.